The van der Waals surface area contributed by atoms with E-state index in [1.54, 1.807) is 19.3 Å². The first-order valence-electron chi connectivity index (χ1n) is 14.7. The van der Waals surface area contributed by atoms with Crippen LogP contribution in [0.25, 0.3) is 30.3 Å². The van der Waals surface area contributed by atoms with Crippen molar-refractivity contribution < 1.29 is 14.3 Å². The van der Waals surface area contributed by atoms with Crippen molar-refractivity contribution in [2.75, 3.05) is 19.8 Å². The number of aryl methyl sites for hydroxylation is 1. The van der Waals surface area contributed by atoms with Crippen LogP contribution in [0.1, 0.15) is 59.2 Å². The number of ether oxygens (including phenoxy) is 1. The highest BCUT2D eigenvalue weighted by atomic mass is 32.1. The number of nitrogens with two attached hydrogens (primary N) is 1. The van der Waals surface area contributed by atoms with Gasteiger partial charge < -0.3 is 15.4 Å². The molecule has 6 heterocycles. The lowest BCUT2D eigenvalue weighted by Crippen LogP contribution is -2.48. The molecule has 0 bridgehead atoms. The van der Waals surface area contributed by atoms with E-state index < -0.39 is 5.91 Å². The zero-order valence-electron chi connectivity index (χ0n) is 24.1. The Bertz CT molecular complexity index is 1830. The summed E-state index contributed by atoms with van der Waals surface area (Å²) in [5.41, 5.74) is 6.78. The summed E-state index contributed by atoms with van der Waals surface area (Å²) < 4.78 is 10.2. The first kappa shape index (κ1) is 29.5. The molecule has 5 aromatic heterocycles. The van der Waals surface area contributed by atoms with Crippen LogP contribution in [0, 0.1) is 12.8 Å². The van der Waals surface area contributed by atoms with Crippen LogP contribution in [-0.4, -0.2) is 72.1 Å². The van der Waals surface area contributed by atoms with E-state index in [0.717, 1.165) is 30.5 Å². The van der Waals surface area contributed by atoms with Gasteiger partial charge in [0.15, 0.2) is 5.69 Å². The monoisotopic (exact) mass is 665 g/mol. The van der Waals surface area contributed by atoms with E-state index in [-0.39, 0.29) is 24.2 Å². The fourth-order valence-electron chi connectivity index (χ4n) is 6.24. The van der Waals surface area contributed by atoms with E-state index in [1.807, 2.05) is 27.6 Å². The Labute approximate surface area is 271 Å². The van der Waals surface area contributed by atoms with Gasteiger partial charge in [-0.25, -0.2) is 19.6 Å². The summed E-state index contributed by atoms with van der Waals surface area (Å²) in [6.07, 6.45) is 8.34. The number of thiophene rings is 2. The molecule has 2 fully saturated rings. The Hall–Kier alpha value is -3.17. The standard InChI is InChI=1S/C30H31N7O3S4/c1-16-32-12-19(13-33-16)29-34-27-26(28(31)39)35-37(30(27)44-29)14-25(38)36-6-2-7-40-15-20(36)21(41)10-17-3-4-18(9-17)23-11-24-22(43-23)5-8-42-24/h5,8,11-13,17-18,20H,2-4,6-7,9-10,14-15H2,1H3,(H2,31,39)/t17?,18?,20-/m0/s1. The normalized spacial score (nSPS) is 20.8. The van der Waals surface area contributed by atoms with Crippen LogP contribution in [0.15, 0.2) is 29.9 Å². The van der Waals surface area contributed by atoms with Crippen molar-refractivity contribution in [2.24, 2.45) is 11.7 Å². The molecule has 5 aromatic rings. The number of amides is 2. The van der Waals surface area contributed by atoms with Crippen LogP contribution in [-0.2, 0) is 16.1 Å². The van der Waals surface area contributed by atoms with E-state index in [9.17, 15) is 9.59 Å². The second-order valence-corrected chi connectivity index (χ2v) is 15.0. The molecule has 2 N–H and O–H groups in total. The van der Waals surface area contributed by atoms with Crippen molar-refractivity contribution in [2.45, 2.75) is 57.5 Å². The van der Waals surface area contributed by atoms with Crippen molar-refractivity contribution in [1.82, 2.24) is 29.6 Å². The van der Waals surface area contributed by atoms with E-state index in [2.05, 4.69) is 37.6 Å². The molecule has 1 aliphatic carbocycles. The molecule has 0 radical (unpaired) electrons. The molecule has 228 valence electrons. The van der Waals surface area contributed by atoms with E-state index in [4.69, 9.17) is 22.7 Å². The van der Waals surface area contributed by atoms with Gasteiger partial charge in [0, 0.05) is 50.3 Å². The van der Waals surface area contributed by atoms with E-state index in [1.165, 1.54) is 36.7 Å². The Morgan fingerprint density at radius 1 is 1.18 bits per heavy atom. The number of primary amides is 1. The van der Waals surface area contributed by atoms with Crippen LogP contribution in [0.5, 0.6) is 0 Å². The summed E-state index contributed by atoms with van der Waals surface area (Å²) in [5.74, 6) is 0.900. The number of hydrogen-bond acceptors (Lipinski definition) is 11. The van der Waals surface area contributed by atoms with Gasteiger partial charge in [-0.3, -0.25) is 9.59 Å². The van der Waals surface area contributed by atoms with Gasteiger partial charge in [-0.05, 0) is 68.4 Å². The average Bonchev–Trinajstić information content (AvgIpc) is 3.80. The fourth-order valence-corrected chi connectivity index (χ4v) is 9.93. The predicted molar refractivity (Wildman–Crippen MR) is 178 cm³/mol. The zero-order chi connectivity index (χ0) is 30.4. The molecule has 2 unspecified atom stereocenters. The van der Waals surface area contributed by atoms with Gasteiger partial charge in [-0.1, -0.05) is 23.6 Å². The molecule has 1 aliphatic heterocycles. The lowest BCUT2D eigenvalue weighted by Gasteiger charge is -2.31. The number of aromatic nitrogens is 5. The second kappa shape index (κ2) is 12.3. The van der Waals surface area contributed by atoms with Crippen LogP contribution in [0.3, 0.4) is 0 Å². The van der Waals surface area contributed by atoms with Crippen molar-refractivity contribution in [3.05, 3.63) is 46.3 Å². The average molecular weight is 666 g/mol. The van der Waals surface area contributed by atoms with Gasteiger partial charge >= 0.3 is 0 Å². The molecule has 44 heavy (non-hydrogen) atoms. The SMILES string of the molecule is Cc1ncc(-c2nc3c(C(N)=O)nn(CC(=O)N4CCCOC[C@H]4C(=S)CC4CCC(c5cc6sccc6s5)C4)c3s2)cn1. The van der Waals surface area contributed by atoms with Gasteiger partial charge in [-0.2, -0.15) is 5.10 Å². The minimum Gasteiger partial charge on any atom is -0.379 e. The molecule has 2 amide bonds. The summed E-state index contributed by atoms with van der Waals surface area (Å²) in [7, 11) is 0. The number of carbonyl (C=O) groups excluding carboxylic acids is 2. The lowest BCUT2D eigenvalue weighted by atomic mass is 9.96. The van der Waals surface area contributed by atoms with Crippen LogP contribution in [0.2, 0.25) is 0 Å². The summed E-state index contributed by atoms with van der Waals surface area (Å²) >= 11 is 11.1. The van der Waals surface area contributed by atoms with Crippen LogP contribution in [0.4, 0.5) is 0 Å². The second-order valence-electron chi connectivity index (χ2n) is 11.4. The molecule has 14 heteroatoms. The predicted octanol–water partition coefficient (Wildman–Crippen LogP) is 5.59. The van der Waals surface area contributed by atoms with Gasteiger partial charge in [-0.15, -0.1) is 22.7 Å². The highest BCUT2D eigenvalue weighted by molar-refractivity contribution is 7.80. The Morgan fingerprint density at radius 3 is 2.82 bits per heavy atom. The third kappa shape index (κ3) is 5.81. The summed E-state index contributed by atoms with van der Waals surface area (Å²) in [6.45, 7) is 3.27. The summed E-state index contributed by atoms with van der Waals surface area (Å²) in [4.78, 5) is 44.1. The van der Waals surface area contributed by atoms with Gasteiger partial charge in [0.05, 0.1) is 12.6 Å². The number of nitrogens with zero attached hydrogens (tertiary/aromatic N) is 6. The molecule has 10 nitrogen and oxygen atoms in total. The minimum atomic E-state index is -0.697. The van der Waals surface area contributed by atoms with Crippen molar-refractivity contribution in [3.63, 3.8) is 0 Å². The molecule has 3 atom stereocenters. The molecule has 2 aliphatic rings. The van der Waals surface area contributed by atoms with Crippen molar-refractivity contribution >= 4 is 82.7 Å². The molecule has 0 spiro atoms. The minimum absolute atomic E-state index is 0.0379. The maximum atomic E-state index is 13.9. The van der Waals surface area contributed by atoms with Gasteiger partial charge in [0.1, 0.15) is 27.7 Å². The molecule has 1 saturated carbocycles. The Kier molecular flexibility index (Phi) is 8.27. The largest absolute Gasteiger partial charge is 0.379 e. The third-order valence-corrected chi connectivity index (χ3v) is 12.3. The van der Waals surface area contributed by atoms with E-state index in [0.29, 0.717) is 58.3 Å². The quantitative estimate of drug-likeness (QED) is 0.212. The first-order chi connectivity index (χ1) is 21.3. The maximum absolute atomic E-state index is 13.9. The lowest BCUT2D eigenvalue weighted by molar-refractivity contribution is -0.133. The number of fused-ring (bicyclic) bond motifs is 2. The van der Waals surface area contributed by atoms with Crippen molar-refractivity contribution in [3.8, 4) is 10.6 Å². The van der Waals surface area contributed by atoms with Crippen LogP contribution < -0.4 is 5.73 Å². The number of hydrogen-bond donors (Lipinski definition) is 1. The zero-order valence-corrected chi connectivity index (χ0v) is 27.4. The first-order valence-corrected chi connectivity index (χ1v) is 17.6. The smallest absolute Gasteiger partial charge is 0.271 e. The highest BCUT2D eigenvalue weighted by Crippen LogP contribution is 2.45. The van der Waals surface area contributed by atoms with Crippen LogP contribution >= 0.6 is 46.2 Å². The summed E-state index contributed by atoms with van der Waals surface area (Å²) in [6, 6.07) is 4.30. The highest BCUT2D eigenvalue weighted by Gasteiger charge is 2.34. The molecule has 7 rings (SSSR count). The third-order valence-electron chi connectivity index (χ3n) is 8.46. The Balaban J connectivity index is 1.07. The number of rotatable bonds is 8. The Morgan fingerprint density at radius 2 is 2.02 bits per heavy atom. The fraction of sp³-hybridized carbons (Fsp3) is 0.433. The van der Waals surface area contributed by atoms with Gasteiger partial charge in [0.2, 0.25) is 5.91 Å². The van der Waals surface area contributed by atoms with E-state index >= 15 is 0 Å². The molecule has 0 aromatic carbocycles. The van der Waals surface area contributed by atoms with Gasteiger partial charge in [0.25, 0.3) is 5.91 Å². The summed E-state index contributed by atoms with van der Waals surface area (Å²) in [5, 5.41) is 7.19. The topological polar surface area (TPSA) is 129 Å². The number of carbonyl (C=O) groups is 2. The number of thiazole rings is 1. The molecular formula is C30H31N7O3S4. The molecule has 1 saturated heterocycles. The molecular weight excluding hydrogens is 635 g/mol. The maximum Gasteiger partial charge on any atom is 0.271 e. The number of thiocarbonyl (C=S) groups is 1. The van der Waals surface area contributed by atoms with Crippen molar-refractivity contribution in [1.29, 1.82) is 0 Å².